The SMILES string of the molecule is O=C(OCc1ccc([N+](=O)[O-])cc1)c1cc(O)c2ccccc2c1O. The monoisotopic (exact) mass is 339 g/mol. The quantitative estimate of drug-likeness (QED) is 0.326. The van der Waals surface area contributed by atoms with Gasteiger partial charge in [0.15, 0.2) is 0 Å². The third-order valence-corrected chi connectivity index (χ3v) is 3.73. The van der Waals surface area contributed by atoms with Crippen LogP contribution in [-0.4, -0.2) is 21.1 Å². The van der Waals surface area contributed by atoms with Crippen molar-refractivity contribution in [3.05, 3.63) is 75.8 Å². The number of nitrogens with zero attached hydrogens (tertiary/aromatic N) is 1. The minimum atomic E-state index is -0.808. The predicted octanol–water partition coefficient (Wildman–Crippen LogP) is 3.52. The zero-order chi connectivity index (χ0) is 18.0. The molecule has 0 aliphatic heterocycles. The molecule has 0 radical (unpaired) electrons. The van der Waals surface area contributed by atoms with E-state index in [4.69, 9.17) is 4.74 Å². The van der Waals surface area contributed by atoms with Crippen LogP contribution in [0.5, 0.6) is 11.5 Å². The van der Waals surface area contributed by atoms with Crippen LogP contribution in [0.3, 0.4) is 0 Å². The maximum atomic E-state index is 12.2. The number of rotatable bonds is 4. The molecule has 0 unspecified atom stereocenters. The molecule has 0 spiro atoms. The van der Waals surface area contributed by atoms with E-state index in [0.717, 1.165) is 6.07 Å². The van der Waals surface area contributed by atoms with Crippen LogP contribution in [0.1, 0.15) is 15.9 Å². The fourth-order valence-corrected chi connectivity index (χ4v) is 2.44. The van der Waals surface area contributed by atoms with Crippen molar-refractivity contribution >= 4 is 22.4 Å². The highest BCUT2D eigenvalue weighted by Gasteiger charge is 2.18. The Morgan fingerprint density at radius 1 is 1.04 bits per heavy atom. The van der Waals surface area contributed by atoms with Crippen molar-refractivity contribution in [2.24, 2.45) is 0 Å². The maximum Gasteiger partial charge on any atom is 0.342 e. The number of phenolic OH excluding ortho intramolecular Hbond substituents is 2. The van der Waals surface area contributed by atoms with Crippen LogP contribution in [0.4, 0.5) is 5.69 Å². The lowest BCUT2D eigenvalue weighted by Gasteiger charge is -2.10. The highest BCUT2D eigenvalue weighted by molar-refractivity contribution is 6.03. The molecule has 0 aliphatic carbocycles. The minimum Gasteiger partial charge on any atom is -0.507 e. The van der Waals surface area contributed by atoms with E-state index in [9.17, 15) is 25.1 Å². The summed E-state index contributed by atoms with van der Waals surface area (Å²) in [4.78, 5) is 22.3. The molecule has 0 fully saturated rings. The molecule has 0 atom stereocenters. The maximum absolute atomic E-state index is 12.2. The number of esters is 1. The van der Waals surface area contributed by atoms with Crippen LogP contribution < -0.4 is 0 Å². The second-order valence-electron chi connectivity index (χ2n) is 5.34. The number of phenols is 2. The van der Waals surface area contributed by atoms with Gasteiger partial charge in [-0.3, -0.25) is 10.1 Å². The molecule has 126 valence electrons. The number of hydrogen-bond acceptors (Lipinski definition) is 6. The van der Waals surface area contributed by atoms with Gasteiger partial charge in [-0.25, -0.2) is 4.79 Å². The van der Waals surface area contributed by atoms with Gasteiger partial charge in [0.25, 0.3) is 5.69 Å². The first-order valence-corrected chi connectivity index (χ1v) is 7.31. The molecular weight excluding hydrogens is 326 g/mol. The van der Waals surface area contributed by atoms with Gasteiger partial charge >= 0.3 is 5.97 Å². The third-order valence-electron chi connectivity index (χ3n) is 3.73. The number of hydrogen-bond donors (Lipinski definition) is 2. The molecular formula is C18H13NO6. The Bertz CT molecular complexity index is 965. The van der Waals surface area contributed by atoms with Crippen LogP contribution in [0.15, 0.2) is 54.6 Å². The second kappa shape index (κ2) is 6.48. The summed E-state index contributed by atoms with van der Waals surface area (Å²) >= 11 is 0. The molecule has 3 aromatic carbocycles. The summed E-state index contributed by atoms with van der Waals surface area (Å²) < 4.78 is 5.12. The summed E-state index contributed by atoms with van der Waals surface area (Å²) in [7, 11) is 0. The topological polar surface area (TPSA) is 110 Å². The number of ether oxygens (including phenoxy) is 1. The molecule has 2 N–H and O–H groups in total. The van der Waals surface area contributed by atoms with E-state index in [1.54, 1.807) is 24.3 Å². The molecule has 3 rings (SSSR count). The van der Waals surface area contributed by atoms with Gasteiger partial charge in [-0.1, -0.05) is 24.3 Å². The zero-order valence-corrected chi connectivity index (χ0v) is 12.9. The van der Waals surface area contributed by atoms with Crippen molar-refractivity contribution in [1.82, 2.24) is 0 Å². The van der Waals surface area contributed by atoms with Gasteiger partial charge in [0, 0.05) is 22.9 Å². The van der Waals surface area contributed by atoms with E-state index >= 15 is 0 Å². The molecule has 0 amide bonds. The summed E-state index contributed by atoms with van der Waals surface area (Å²) in [6.45, 7) is -0.121. The number of fused-ring (bicyclic) bond motifs is 1. The van der Waals surface area contributed by atoms with Crippen LogP contribution in [0.2, 0.25) is 0 Å². The van der Waals surface area contributed by atoms with Crippen molar-refractivity contribution in [2.45, 2.75) is 6.61 Å². The lowest BCUT2D eigenvalue weighted by atomic mass is 10.0. The summed E-state index contributed by atoms with van der Waals surface area (Å²) in [5.41, 5.74) is 0.341. The van der Waals surface area contributed by atoms with Gasteiger partial charge < -0.3 is 14.9 Å². The Morgan fingerprint density at radius 2 is 1.68 bits per heavy atom. The zero-order valence-electron chi connectivity index (χ0n) is 12.9. The number of non-ortho nitro benzene ring substituents is 1. The standard InChI is InChI=1S/C18H13NO6/c20-16-9-15(17(21)14-4-2-1-3-13(14)16)18(22)25-10-11-5-7-12(8-6-11)19(23)24/h1-9,20-21H,10H2. The second-order valence-corrected chi connectivity index (χ2v) is 5.34. The molecule has 0 aliphatic rings. The van der Waals surface area contributed by atoms with Crippen LogP contribution in [0, 0.1) is 10.1 Å². The first-order valence-electron chi connectivity index (χ1n) is 7.31. The van der Waals surface area contributed by atoms with E-state index < -0.39 is 10.9 Å². The van der Waals surface area contributed by atoms with E-state index in [-0.39, 0.29) is 29.4 Å². The fraction of sp³-hybridized carbons (Fsp3) is 0.0556. The van der Waals surface area contributed by atoms with Gasteiger partial charge in [-0.15, -0.1) is 0 Å². The number of nitro groups is 1. The summed E-state index contributed by atoms with van der Waals surface area (Å²) in [6.07, 6.45) is 0. The van der Waals surface area contributed by atoms with Gasteiger partial charge in [0.1, 0.15) is 23.7 Å². The molecule has 0 saturated carbocycles. The Hall–Kier alpha value is -3.61. The Kier molecular flexibility index (Phi) is 4.21. The largest absolute Gasteiger partial charge is 0.507 e. The number of nitro benzene ring substituents is 1. The van der Waals surface area contributed by atoms with E-state index in [1.165, 1.54) is 24.3 Å². The highest BCUT2D eigenvalue weighted by Crippen LogP contribution is 2.35. The molecule has 0 heterocycles. The highest BCUT2D eigenvalue weighted by atomic mass is 16.6. The van der Waals surface area contributed by atoms with Gasteiger partial charge in [0.2, 0.25) is 0 Å². The molecule has 7 nitrogen and oxygen atoms in total. The normalized spacial score (nSPS) is 10.6. The molecule has 0 saturated heterocycles. The number of carbonyl (C=O) groups excluding carboxylic acids is 1. The number of benzene rings is 3. The minimum absolute atomic E-state index is 0.0628. The van der Waals surface area contributed by atoms with E-state index in [2.05, 4.69) is 0 Å². The van der Waals surface area contributed by atoms with Crippen molar-refractivity contribution in [1.29, 1.82) is 0 Å². The van der Waals surface area contributed by atoms with Crippen molar-refractivity contribution in [3.8, 4) is 11.5 Å². The third kappa shape index (κ3) is 3.20. The Balaban J connectivity index is 1.80. The molecule has 0 bridgehead atoms. The predicted molar refractivity (Wildman–Crippen MR) is 89.5 cm³/mol. The van der Waals surface area contributed by atoms with Crippen molar-refractivity contribution in [3.63, 3.8) is 0 Å². The van der Waals surface area contributed by atoms with Crippen LogP contribution in [0.25, 0.3) is 10.8 Å². The van der Waals surface area contributed by atoms with Crippen LogP contribution in [-0.2, 0) is 11.3 Å². The lowest BCUT2D eigenvalue weighted by molar-refractivity contribution is -0.384. The number of aromatic hydroxyl groups is 2. The first kappa shape index (κ1) is 16.3. The number of carbonyl (C=O) groups is 1. The van der Waals surface area contributed by atoms with Crippen molar-refractivity contribution in [2.75, 3.05) is 0 Å². The average Bonchev–Trinajstić information content (AvgIpc) is 2.63. The molecule has 7 heteroatoms. The fourth-order valence-electron chi connectivity index (χ4n) is 2.44. The van der Waals surface area contributed by atoms with Gasteiger partial charge in [0.05, 0.1) is 4.92 Å². The lowest BCUT2D eigenvalue weighted by Crippen LogP contribution is -2.06. The first-order chi connectivity index (χ1) is 12.0. The van der Waals surface area contributed by atoms with E-state index in [1.807, 2.05) is 0 Å². The molecule has 25 heavy (non-hydrogen) atoms. The van der Waals surface area contributed by atoms with Crippen molar-refractivity contribution < 1.29 is 24.7 Å². The summed E-state index contributed by atoms with van der Waals surface area (Å²) in [5, 5.41) is 31.6. The van der Waals surface area contributed by atoms with Gasteiger partial charge in [-0.2, -0.15) is 0 Å². The molecule has 3 aromatic rings. The van der Waals surface area contributed by atoms with Gasteiger partial charge in [-0.05, 0) is 23.8 Å². The Labute approximate surface area is 141 Å². The Morgan fingerprint density at radius 3 is 2.32 bits per heavy atom. The molecule has 0 aromatic heterocycles. The van der Waals surface area contributed by atoms with Crippen LogP contribution >= 0.6 is 0 Å². The summed E-state index contributed by atoms with van der Waals surface area (Å²) in [5.74, 6) is -1.23. The smallest absolute Gasteiger partial charge is 0.342 e. The average molecular weight is 339 g/mol. The van der Waals surface area contributed by atoms with E-state index in [0.29, 0.717) is 16.3 Å². The summed E-state index contributed by atoms with van der Waals surface area (Å²) in [6, 6.07) is 13.3.